The van der Waals surface area contributed by atoms with Gasteiger partial charge in [0.25, 0.3) is 0 Å². The second-order valence-corrected chi connectivity index (χ2v) is 4.65. The van der Waals surface area contributed by atoms with Gasteiger partial charge in [-0.15, -0.1) is 0 Å². The number of rotatable bonds is 2. The van der Waals surface area contributed by atoms with Crippen molar-refractivity contribution in [1.82, 2.24) is 0 Å². The summed E-state index contributed by atoms with van der Waals surface area (Å²) < 4.78 is 0. The van der Waals surface area contributed by atoms with Crippen LogP contribution >= 0.6 is 0 Å². The molecule has 0 bridgehead atoms. The molecule has 0 aliphatic carbocycles. The van der Waals surface area contributed by atoms with Crippen molar-refractivity contribution in [3.05, 3.63) is 29.8 Å². The van der Waals surface area contributed by atoms with Crippen LogP contribution in [0.5, 0.6) is 0 Å². The summed E-state index contributed by atoms with van der Waals surface area (Å²) in [6, 6.07) is 6.48. The summed E-state index contributed by atoms with van der Waals surface area (Å²) in [5, 5.41) is 2.76. The average Bonchev–Trinajstić information content (AvgIpc) is 2.17. The monoisotopic (exact) mass is 220 g/mol. The first-order valence-corrected chi connectivity index (χ1v) is 5.02. The molecule has 4 heteroatoms. The molecule has 0 saturated heterocycles. The molecular weight excluding hydrogens is 204 g/mol. The molecular formula is C12H16N2O2. The van der Waals surface area contributed by atoms with Crippen molar-refractivity contribution in [2.75, 3.05) is 5.32 Å². The Bertz CT molecular complexity index is 402. The maximum absolute atomic E-state index is 11.7. The van der Waals surface area contributed by atoms with Crippen molar-refractivity contribution in [2.24, 2.45) is 11.1 Å². The summed E-state index contributed by atoms with van der Waals surface area (Å²) in [5.41, 5.74) is 5.75. The van der Waals surface area contributed by atoms with Crippen molar-refractivity contribution < 1.29 is 9.59 Å². The first kappa shape index (κ1) is 12.2. The second kappa shape index (κ2) is 4.35. The van der Waals surface area contributed by atoms with Crippen molar-refractivity contribution >= 4 is 17.5 Å². The van der Waals surface area contributed by atoms with E-state index in [1.807, 2.05) is 20.8 Å². The van der Waals surface area contributed by atoms with Gasteiger partial charge in [-0.2, -0.15) is 0 Å². The Balaban J connectivity index is 2.77. The van der Waals surface area contributed by atoms with Crippen LogP contribution in [0.2, 0.25) is 0 Å². The summed E-state index contributed by atoms with van der Waals surface area (Å²) in [6.45, 7) is 5.50. The number of hydrogen-bond donors (Lipinski definition) is 2. The molecule has 0 aliphatic heterocycles. The van der Waals surface area contributed by atoms with Crippen LogP contribution in [0.25, 0.3) is 0 Å². The zero-order chi connectivity index (χ0) is 12.3. The van der Waals surface area contributed by atoms with Crippen LogP contribution in [0, 0.1) is 5.41 Å². The van der Waals surface area contributed by atoms with E-state index >= 15 is 0 Å². The molecule has 2 amide bonds. The zero-order valence-corrected chi connectivity index (χ0v) is 9.70. The van der Waals surface area contributed by atoms with Gasteiger partial charge in [0.2, 0.25) is 11.8 Å². The van der Waals surface area contributed by atoms with Crippen LogP contribution in [0.1, 0.15) is 31.1 Å². The molecule has 0 unspecified atom stereocenters. The van der Waals surface area contributed by atoms with E-state index in [0.29, 0.717) is 11.3 Å². The molecule has 0 heterocycles. The third-order valence-electron chi connectivity index (χ3n) is 2.11. The lowest BCUT2D eigenvalue weighted by Crippen LogP contribution is -2.27. The van der Waals surface area contributed by atoms with E-state index in [-0.39, 0.29) is 5.91 Å². The third kappa shape index (κ3) is 3.08. The minimum Gasteiger partial charge on any atom is -0.366 e. The standard InChI is InChI=1S/C12H16N2O2/c1-12(2,3)11(16)14-9-6-4-8(5-7-9)10(13)15/h4-7H,1-3H3,(H2,13,15)(H,14,16). The number of hydrogen-bond acceptors (Lipinski definition) is 2. The molecule has 0 spiro atoms. The van der Waals surface area contributed by atoms with Crippen molar-refractivity contribution in [2.45, 2.75) is 20.8 Å². The number of primary amides is 1. The molecule has 4 nitrogen and oxygen atoms in total. The van der Waals surface area contributed by atoms with Gasteiger partial charge in [0.1, 0.15) is 0 Å². The Morgan fingerprint density at radius 3 is 2.00 bits per heavy atom. The summed E-state index contributed by atoms with van der Waals surface area (Å²) in [6.07, 6.45) is 0. The topological polar surface area (TPSA) is 72.2 Å². The van der Waals surface area contributed by atoms with Gasteiger partial charge in [-0.05, 0) is 24.3 Å². The maximum Gasteiger partial charge on any atom is 0.248 e. The molecule has 0 fully saturated rings. The molecule has 0 aromatic heterocycles. The van der Waals surface area contributed by atoms with Crippen LogP contribution in [-0.4, -0.2) is 11.8 Å². The fourth-order valence-corrected chi connectivity index (χ4v) is 1.04. The van der Waals surface area contributed by atoms with Gasteiger partial charge >= 0.3 is 0 Å². The Labute approximate surface area is 94.8 Å². The van der Waals surface area contributed by atoms with Crippen LogP contribution in [0.15, 0.2) is 24.3 Å². The van der Waals surface area contributed by atoms with Crippen molar-refractivity contribution in [3.8, 4) is 0 Å². The van der Waals surface area contributed by atoms with Gasteiger partial charge in [-0.25, -0.2) is 0 Å². The molecule has 0 atom stereocenters. The van der Waals surface area contributed by atoms with Crippen LogP contribution in [0.4, 0.5) is 5.69 Å². The van der Waals surface area contributed by atoms with Gasteiger partial charge in [0.15, 0.2) is 0 Å². The van der Waals surface area contributed by atoms with Gasteiger partial charge < -0.3 is 11.1 Å². The van der Waals surface area contributed by atoms with Crippen LogP contribution < -0.4 is 11.1 Å². The smallest absolute Gasteiger partial charge is 0.248 e. The van der Waals surface area contributed by atoms with Crippen molar-refractivity contribution in [3.63, 3.8) is 0 Å². The highest BCUT2D eigenvalue weighted by atomic mass is 16.2. The number of nitrogens with two attached hydrogens (primary N) is 1. The summed E-state index contributed by atoms with van der Waals surface area (Å²) >= 11 is 0. The molecule has 16 heavy (non-hydrogen) atoms. The molecule has 3 N–H and O–H groups in total. The number of amides is 2. The van der Waals surface area contributed by atoms with E-state index in [0.717, 1.165) is 0 Å². The third-order valence-corrected chi connectivity index (χ3v) is 2.11. The van der Waals surface area contributed by atoms with E-state index in [1.54, 1.807) is 24.3 Å². The molecule has 86 valence electrons. The van der Waals surface area contributed by atoms with Gasteiger partial charge in [-0.1, -0.05) is 20.8 Å². The highest BCUT2D eigenvalue weighted by Gasteiger charge is 2.20. The second-order valence-electron chi connectivity index (χ2n) is 4.65. The molecule has 0 radical (unpaired) electrons. The minimum absolute atomic E-state index is 0.0701. The summed E-state index contributed by atoms with van der Waals surface area (Å²) in [5.74, 6) is -0.548. The van der Waals surface area contributed by atoms with E-state index in [9.17, 15) is 9.59 Å². The maximum atomic E-state index is 11.7. The fourth-order valence-electron chi connectivity index (χ4n) is 1.04. The summed E-state index contributed by atoms with van der Waals surface area (Å²) in [7, 11) is 0. The molecule has 1 aromatic carbocycles. The predicted octanol–water partition coefficient (Wildman–Crippen LogP) is 1.77. The number of benzene rings is 1. The fraction of sp³-hybridized carbons (Fsp3) is 0.333. The molecule has 0 saturated carbocycles. The zero-order valence-electron chi connectivity index (χ0n) is 9.70. The molecule has 1 aromatic rings. The largest absolute Gasteiger partial charge is 0.366 e. The average molecular weight is 220 g/mol. The first-order chi connectivity index (χ1) is 7.30. The SMILES string of the molecule is CC(C)(C)C(=O)Nc1ccc(C(N)=O)cc1. The normalized spacial score (nSPS) is 10.9. The lowest BCUT2D eigenvalue weighted by molar-refractivity contribution is -0.123. The lowest BCUT2D eigenvalue weighted by atomic mass is 9.95. The van der Waals surface area contributed by atoms with Gasteiger partial charge in [0, 0.05) is 16.7 Å². The lowest BCUT2D eigenvalue weighted by Gasteiger charge is -2.17. The highest BCUT2D eigenvalue weighted by Crippen LogP contribution is 2.17. The number of nitrogens with one attached hydrogen (secondary N) is 1. The highest BCUT2D eigenvalue weighted by molar-refractivity contribution is 5.96. The predicted molar refractivity (Wildman–Crippen MR) is 63.0 cm³/mol. The Hall–Kier alpha value is -1.84. The molecule has 1 rings (SSSR count). The van der Waals surface area contributed by atoms with Crippen molar-refractivity contribution in [1.29, 1.82) is 0 Å². The van der Waals surface area contributed by atoms with E-state index in [1.165, 1.54) is 0 Å². The van der Waals surface area contributed by atoms with E-state index < -0.39 is 11.3 Å². The number of carbonyl (C=O) groups excluding carboxylic acids is 2. The summed E-state index contributed by atoms with van der Waals surface area (Å²) in [4.78, 5) is 22.5. The minimum atomic E-state index is -0.478. The molecule has 0 aliphatic rings. The van der Waals surface area contributed by atoms with E-state index in [4.69, 9.17) is 5.73 Å². The number of anilines is 1. The van der Waals surface area contributed by atoms with E-state index in [2.05, 4.69) is 5.32 Å². The Morgan fingerprint density at radius 1 is 1.12 bits per heavy atom. The van der Waals surface area contributed by atoms with Crippen LogP contribution in [-0.2, 0) is 4.79 Å². The van der Waals surface area contributed by atoms with Crippen LogP contribution in [0.3, 0.4) is 0 Å². The number of carbonyl (C=O) groups is 2. The first-order valence-electron chi connectivity index (χ1n) is 5.02. The van der Waals surface area contributed by atoms with Gasteiger partial charge in [0.05, 0.1) is 0 Å². The quantitative estimate of drug-likeness (QED) is 0.797. The Kier molecular flexibility index (Phi) is 3.32. The Morgan fingerprint density at radius 2 is 1.62 bits per heavy atom. The van der Waals surface area contributed by atoms with Gasteiger partial charge in [-0.3, -0.25) is 9.59 Å².